The minimum Gasteiger partial charge on any atom is -0.384 e. The van der Waals surface area contributed by atoms with Crippen LogP contribution in [0.25, 0.3) is 0 Å². The van der Waals surface area contributed by atoms with Crippen LogP contribution in [0.2, 0.25) is 0 Å². The molecule has 2 aliphatic heterocycles. The van der Waals surface area contributed by atoms with E-state index in [2.05, 4.69) is 9.52 Å². The lowest BCUT2D eigenvalue weighted by Gasteiger charge is -2.31. The molecule has 2 aliphatic rings. The van der Waals surface area contributed by atoms with Gasteiger partial charge in [0.25, 0.3) is 0 Å². The molecular weight excluding hydrogens is 393 g/mol. The van der Waals surface area contributed by atoms with Crippen molar-refractivity contribution in [1.82, 2.24) is 4.90 Å². The first-order valence-corrected chi connectivity index (χ1v) is 11.5. The van der Waals surface area contributed by atoms with Crippen LogP contribution < -0.4 is 5.73 Å². The van der Waals surface area contributed by atoms with E-state index in [0.29, 0.717) is 6.42 Å². The van der Waals surface area contributed by atoms with Crippen LogP contribution in [0.5, 0.6) is 0 Å². The molecular formula is C12H22N3O7PS2. The van der Waals surface area contributed by atoms with E-state index in [4.69, 9.17) is 25.0 Å². The molecule has 0 aromatic rings. The van der Waals surface area contributed by atoms with E-state index >= 15 is 0 Å². The lowest BCUT2D eigenvalue weighted by Crippen LogP contribution is -2.41. The van der Waals surface area contributed by atoms with Crippen LogP contribution in [0.3, 0.4) is 0 Å². The van der Waals surface area contributed by atoms with Gasteiger partial charge in [0, 0.05) is 12.6 Å². The average molecular weight is 415 g/mol. The largest absolute Gasteiger partial charge is 0.469 e. The van der Waals surface area contributed by atoms with E-state index in [9.17, 15) is 9.67 Å². The van der Waals surface area contributed by atoms with E-state index in [1.807, 2.05) is 13.2 Å². The summed E-state index contributed by atoms with van der Waals surface area (Å²) in [5, 5.41) is 10.0. The van der Waals surface area contributed by atoms with Gasteiger partial charge in [0.15, 0.2) is 0 Å². The molecule has 25 heavy (non-hydrogen) atoms. The first-order valence-electron chi connectivity index (χ1n) is 7.37. The van der Waals surface area contributed by atoms with E-state index < -0.39 is 32.6 Å². The van der Waals surface area contributed by atoms with Crippen molar-refractivity contribution in [2.75, 3.05) is 12.9 Å². The van der Waals surface area contributed by atoms with Crippen molar-refractivity contribution in [3.05, 3.63) is 12.3 Å². The van der Waals surface area contributed by atoms with Gasteiger partial charge < -0.3 is 35.0 Å². The summed E-state index contributed by atoms with van der Waals surface area (Å²) in [7, 11) is -1.57. The van der Waals surface area contributed by atoms with E-state index in [1.165, 1.54) is 21.8 Å². The van der Waals surface area contributed by atoms with Gasteiger partial charge in [0.05, 0.1) is 12.7 Å². The van der Waals surface area contributed by atoms with Crippen LogP contribution >= 0.6 is 29.4 Å². The Balaban J connectivity index is 2.04. The summed E-state index contributed by atoms with van der Waals surface area (Å²) < 4.78 is 27.2. The van der Waals surface area contributed by atoms with Crippen LogP contribution in [0.15, 0.2) is 17.3 Å². The normalized spacial score (nSPS) is 31.2. The number of hydrogen-bond donors (Lipinski definition) is 4. The van der Waals surface area contributed by atoms with Crippen molar-refractivity contribution in [1.29, 1.82) is 0 Å². The zero-order chi connectivity index (χ0) is 18.6. The zero-order valence-electron chi connectivity index (χ0n) is 13.7. The Labute approximate surface area is 153 Å². The standard InChI is InChI=1S/C12H22N3O7PS2/c1-7(25-24-2)21-8-5-11(15-4-3-10(13)14-12(15)16)22-9(8)6-20-23(17,18)19/h3-4,7-9,11-12,16H,5-6H2,1-2H3,(H2,13,14)(H2,17,18,19)/t7-,8?,9-,11-,12?/m1/s1. The van der Waals surface area contributed by atoms with Crippen molar-refractivity contribution >= 4 is 35.2 Å². The Hall–Kier alpha value is -0.300. The molecule has 0 spiro atoms. The molecule has 13 heteroatoms. The van der Waals surface area contributed by atoms with Crippen LogP contribution in [0.4, 0.5) is 0 Å². The summed E-state index contributed by atoms with van der Waals surface area (Å²) in [6.07, 6.45) is 2.41. The molecule has 0 aromatic carbocycles. The number of nitrogens with zero attached hydrogens (tertiary/aromatic N) is 2. The number of aliphatic hydroxyl groups excluding tert-OH is 1. The number of amidine groups is 1. The average Bonchev–Trinajstić information content (AvgIpc) is 2.87. The smallest absolute Gasteiger partial charge is 0.384 e. The first kappa shape index (κ1) is 21.0. The van der Waals surface area contributed by atoms with E-state index in [-0.39, 0.29) is 17.9 Å². The summed E-state index contributed by atoms with van der Waals surface area (Å²) in [5.74, 6) is 0.195. The molecule has 144 valence electrons. The number of phosphoric acid groups is 1. The summed E-state index contributed by atoms with van der Waals surface area (Å²) >= 11 is 0. The van der Waals surface area contributed by atoms with E-state index in [0.717, 1.165) is 0 Å². The molecule has 0 aromatic heterocycles. The van der Waals surface area contributed by atoms with Gasteiger partial charge in [-0.3, -0.25) is 4.52 Å². The molecule has 0 saturated carbocycles. The lowest BCUT2D eigenvalue weighted by atomic mass is 10.2. The van der Waals surface area contributed by atoms with Crippen LogP contribution in [-0.2, 0) is 18.6 Å². The Morgan fingerprint density at radius 1 is 1.60 bits per heavy atom. The number of rotatable bonds is 8. The fourth-order valence-corrected chi connectivity index (χ4v) is 4.23. The molecule has 0 amide bonds. The number of hydrogen-bond acceptors (Lipinski definition) is 10. The molecule has 0 aliphatic carbocycles. The second-order valence-electron chi connectivity index (χ2n) is 5.32. The number of aliphatic hydroxyl groups is 1. The number of phosphoric ester groups is 1. The monoisotopic (exact) mass is 415 g/mol. The molecule has 2 rings (SSSR count). The number of aliphatic imine (C=N–C) groups is 1. The molecule has 0 bridgehead atoms. The van der Waals surface area contributed by atoms with Gasteiger partial charge >= 0.3 is 7.82 Å². The van der Waals surface area contributed by atoms with Gasteiger partial charge in [0.1, 0.15) is 23.6 Å². The Morgan fingerprint density at radius 3 is 2.92 bits per heavy atom. The third-order valence-electron chi connectivity index (χ3n) is 3.47. The second kappa shape index (κ2) is 9.07. The highest BCUT2D eigenvalue weighted by Crippen LogP contribution is 2.39. The van der Waals surface area contributed by atoms with Gasteiger partial charge in [-0.25, -0.2) is 9.56 Å². The lowest BCUT2D eigenvalue weighted by molar-refractivity contribution is -0.112. The van der Waals surface area contributed by atoms with E-state index in [1.54, 1.807) is 17.0 Å². The minimum absolute atomic E-state index is 0.157. The van der Waals surface area contributed by atoms with Crippen LogP contribution in [-0.4, -0.2) is 68.7 Å². The minimum atomic E-state index is -4.62. The third kappa shape index (κ3) is 6.42. The Bertz CT molecular complexity index is 561. The maximum atomic E-state index is 11.0. The molecule has 0 radical (unpaired) electrons. The van der Waals surface area contributed by atoms with Crippen molar-refractivity contribution < 1.29 is 33.5 Å². The van der Waals surface area contributed by atoms with Gasteiger partial charge in [0.2, 0.25) is 6.35 Å². The fourth-order valence-electron chi connectivity index (χ4n) is 2.48. The third-order valence-corrected chi connectivity index (χ3v) is 5.92. The van der Waals surface area contributed by atoms with Crippen molar-refractivity contribution in [2.45, 2.75) is 43.6 Å². The van der Waals surface area contributed by atoms with Gasteiger partial charge in [-0.05, 0) is 19.3 Å². The SMILES string of the molecule is CSS[C@H](C)OC1C[C@H](N2C=CC(N)=NC2O)O[C@@H]1COP(=O)(O)O. The van der Waals surface area contributed by atoms with Crippen molar-refractivity contribution in [3.8, 4) is 0 Å². The molecule has 5 N–H and O–H groups in total. The Morgan fingerprint density at radius 2 is 2.32 bits per heavy atom. The zero-order valence-corrected chi connectivity index (χ0v) is 16.2. The summed E-state index contributed by atoms with van der Waals surface area (Å²) in [6.45, 7) is 1.54. The molecule has 1 fully saturated rings. The maximum absolute atomic E-state index is 11.0. The van der Waals surface area contributed by atoms with Crippen LogP contribution in [0, 0.1) is 0 Å². The summed E-state index contributed by atoms with van der Waals surface area (Å²) in [6, 6.07) is 0. The van der Waals surface area contributed by atoms with Gasteiger partial charge in [-0.15, -0.1) is 0 Å². The highest BCUT2D eigenvalue weighted by Gasteiger charge is 2.42. The summed E-state index contributed by atoms with van der Waals surface area (Å²) in [5.41, 5.74) is 5.38. The maximum Gasteiger partial charge on any atom is 0.469 e. The Kier molecular flexibility index (Phi) is 7.62. The topological polar surface area (TPSA) is 147 Å². The first-order chi connectivity index (χ1) is 11.7. The van der Waals surface area contributed by atoms with Crippen molar-refractivity contribution in [3.63, 3.8) is 0 Å². The highest BCUT2D eigenvalue weighted by molar-refractivity contribution is 8.76. The molecule has 1 saturated heterocycles. The number of nitrogens with two attached hydrogens (primary N) is 1. The highest BCUT2D eigenvalue weighted by atomic mass is 33.1. The quantitative estimate of drug-likeness (QED) is 0.248. The molecule has 2 heterocycles. The number of ether oxygens (including phenoxy) is 2. The predicted octanol–water partition coefficient (Wildman–Crippen LogP) is 0.415. The van der Waals surface area contributed by atoms with Crippen LogP contribution in [0.1, 0.15) is 13.3 Å². The predicted molar refractivity (Wildman–Crippen MR) is 95.3 cm³/mol. The second-order valence-corrected chi connectivity index (χ2v) is 9.33. The fraction of sp³-hybridized carbons (Fsp3) is 0.750. The van der Waals surface area contributed by atoms with Crippen molar-refractivity contribution in [2.24, 2.45) is 10.7 Å². The van der Waals surface area contributed by atoms with Gasteiger partial charge in [-0.1, -0.05) is 21.6 Å². The molecule has 2 unspecified atom stereocenters. The molecule has 10 nitrogen and oxygen atoms in total. The summed E-state index contributed by atoms with van der Waals surface area (Å²) in [4.78, 5) is 23.1. The van der Waals surface area contributed by atoms with Gasteiger partial charge in [-0.2, -0.15) is 0 Å². The molecule has 5 atom stereocenters.